The van der Waals surface area contributed by atoms with E-state index < -0.39 is 0 Å². The van der Waals surface area contributed by atoms with Crippen molar-refractivity contribution in [3.8, 4) is 0 Å². The Bertz CT molecular complexity index is 471. The molecule has 0 aliphatic heterocycles. The van der Waals surface area contributed by atoms with Crippen molar-refractivity contribution < 1.29 is 9.18 Å². The molecule has 5 heteroatoms. The van der Waals surface area contributed by atoms with Gasteiger partial charge in [-0.05, 0) is 31.5 Å². The zero-order chi connectivity index (χ0) is 16.8. The molecule has 0 radical (unpaired) electrons. The van der Waals surface area contributed by atoms with Gasteiger partial charge in [-0.15, -0.1) is 0 Å². The average Bonchev–Trinajstić information content (AvgIpc) is 2.44. The standard InChI is InChI=1S/C17H27FN2OS/c1-6-20(13(2)14-7-9-15(18)10-8-14)16(21)19-11-12-22-17(3,4)5/h7-10,13H,6,11-12H2,1-5H3,(H,19,21). The van der Waals surface area contributed by atoms with Gasteiger partial charge in [0.05, 0.1) is 6.04 Å². The smallest absolute Gasteiger partial charge is 0.317 e. The number of rotatable bonds is 6. The van der Waals surface area contributed by atoms with E-state index in [1.54, 1.807) is 17.0 Å². The van der Waals surface area contributed by atoms with Crippen LogP contribution in [-0.4, -0.2) is 34.5 Å². The number of amides is 2. The third-order valence-corrected chi connectivity index (χ3v) is 4.61. The average molecular weight is 326 g/mol. The molecule has 1 aromatic carbocycles. The Labute approximate surface area is 137 Å². The molecule has 0 spiro atoms. The SMILES string of the molecule is CCN(C(=O)NCCSC(C)(C)C)C(C)c1ccc(F)cc1. The van der Waals surface area contributed by atoms with E-state index in [1.807, 2.05) is 25.6 Å². The Hall–Kier alpha value is -1.23. The number of urea groups is 1. The van der Waals surface area contributed by atoms with Crippen LogP contribution >= 0.6 is 11.8 Å². The minimum absolute atomic E-state index is 0.0752. The van der Waals surface area contributed by atoms with Crippen LogP contribution in [-0.2, 0) is 0 Å². The second-order valence-electron chi connectivity index (χ2n) is 6.21. The molecule has 0 fully saturated rings. The number of benzene rings is 1. The van der Waals surface area contributed by atoms with E-state index >= 15 is 0 Å². The molecule has 1 atom stereocenters. The summed E-state index contributed by atoms with van der Waals surface area (Å²) < 4.78 is 13.2. The first-order valence-corrected chi connectivity index (χ1v) is 8.67. The van der Waals surface area contributed by atoms with Crippen molar-refractivity contribution in [3.05, 3.63) is 35.6 Å². The van der Waals surface area contributed by atoms with E-state index in [-0.39, 0.29) is 22.6 Å². The first-order valence-electron chi connectivity index (χ1n) is 7.68. The number of nitrogens with zero attached hydrogens (tertiary/aromatic N) is 1. The highest BCUT2D eigenvalue weighted by molar-refractivity contribution is 8.00. The van der Waals surface area contributed by atoms with Crippen molar-refractivity contribution in [2.24, 2.45) is 0 Å². The van der Waals surface area contributed by atoms with Gasteiger partial charge in [0.2, 0.25) is 0 Å². The molecular weight excluding hydrogens is 299 g/mol. The molecule has 124 valence electrons. The summed E-state index contributed by atoms with van der Waals surface area (Å²) >= 11 is 1.83. The van der Waals surface area contributed by atoms with Crippen molar-refractivity contribution in [1.29, 1.82) is 0 Å². The second-order valence-corrected chi connectivity index (χ2v) is 8.13. The summed E-state index contributed by atoms with van der Waals surface area (Å²) in [6.07, 6.45) is 0. The van der Waals surface area contributed by atoms with Crippen molar-refractivity contribution >= 4 is 17.8 Å². The van der Waals surface area contributed by atoms with Crippen LogP contribution in [0.15, 0.2) is 24.3 Å². The number of carbonyl (C=O) groups excluding carboxylic acids is 1. The highest BCUT2D eigenvalue weighted by Gasteiger charge is 2.19. The minimum atomic E-state index is -0.261. The van der Waals surface area contributed by atoms with Crippen LogP contribution < -0.4 is 5.32 Å². The lowest BCUT2D eigenvalue weighted by Crippen LogP contribution is -2.42. The maximum absolute atomic E-state index is 13.0. The fourth-order valence-corrected chi connectivity index (χ4v) is 2.95. The third kappa shape index (κ3) is 6.26. The van der Waals surface area contributed by atoms with Gasteiger partial charge in [-0.3, -0.25) is 0 Å². The molecule has 0 heterocycles. The molecule has 1 rings (SSSR count). The Balaban J connectivity index is 2.55. The summed E-state index contributed by atoms with van der Waals surface area (Å²) in [5.74, 6) is 0.625. The van der Waals surface area contributed by atoms with Crippen molar-refractivity contribution in [2.45, 2.75) is 45.4 Å². The van der Waals surface area contributed by atoms with E-state index in [0.717, 1.165) is 11.3 Å². The second kappa shape index (κ2) is 8.42. The van der Waals surface area contributed by atoms with Crippen LogP contribution in [0.25, 0.3) is 0 Å². The molecule has 1 N–H and O–H groups in total. The van der Waals surface area contributed by atoms with Gasteiger partial charge in [0.25, 0.3) is 0 Å². The van der Waals surface area contributed by atoms with Gasteiger partial charge in [0, 0.05) is 23.6 Å². The maximum Gasteiger partial charge on any atom is 0.317 e. The lowest BCUT2D eigenvalue weighted by molar-refractivity contribution is 0.183. The highest BCUT2D eigenvalue weighted by atomic mass is 32.2. The van der Waals surface area contributed by atoms with Gasteiger partial charge in [0.1, 0.15) is 5.82 Å². The topological polar surface area (TPSA) is 32.3 Å². The van der Waals surface area contributed by atoms with Gasteiger partial charge in [0.15, 0.2) is 0 Å². The Morgan fingerprint density at radius 3 is 2.41 bits per heavy atom. The zero-order valence-electron chi connectivity index (χ0n) is 14.1. The highest BCUT2D eigenvalue weighted by Crippen LogP contribution is 2.22. The molecule has 0 aliphatic carbocycles. The number of thioether (sulfide) groups is 1. The summed E-state index contributed by atoms with van der Waals surface area (Å²) in [5.41, 5.74) is 0.933. The Morgan fingerprint density at radius 1 is 1.32 bits per heavy atom. The first-order chi connectivity index (χ1) is 10.2. The van der Waals surface area contributed by atoms with Crippen LogP contribution in [0.2, 0.25) is 0 Å². The Kier molecular flexibility index (Phi) is 7.20. The van der Waals surface area contributed by atoms with E-state index in [0.29, 0.717) is 13.1 Å². The normalized spacial score (nSPS) is 12.8. The molecule has 0 aromatic heterocycles. The maximum atomic E-state index is 13.0. The predicted molar refractivity (Wildman–Crippen MR) is 92.8 cm³/mol. The third-order valence-electron chi connectivity index (χ3n) is 3.33. The number of hydrogen-bond donors (Lipinski definition) is 1. The van der Waals surface area contributed by atoms with Gasteiger partial charge >= 0.3 is 6.03 Å². The van der Waals surface area contributed by atoms with Crippen molar-refractivity contribution in [2.75, 3.05) is 18.8 Å². The first kappa shape index (κ1) is 18.8. The summed E-state index contributed by atoms with van der Waals surface area (Å²) in [7, 11) is 0. The molecule has 1 aromatic rings. The lowest BCUT2D eigenvalue weighted by Gasteiger charge is -2.29. The van der Waals surface area contributed by atoms with E-state index in [1.165, 1.54) is 12.1 Å². The van der Waals surface area contributed by atoms with Gasteiger partial charge in [-0.25, -0.2) is 9.18 Å². The lowest BCUT2D eigenvalue weighted by atomic mass is 10.1. The van der Waals surface area contributed by atoms with Gasteiger partial charge < -0.3 is 10.2 Å². The molecule has 0 saturated carbocycles. The quantitative estimate of drug-likeness (QED) is 0.783. The fourth-order valence-electron chi connectivity index (χ4n) is 2.13. The summed E-state index contributed by atoms with van der Waals surface area (Å²) in [5, 5.41) is 2.96. The molecule has 22 heavy (non-hydrogen) atoms. The van der Waals surface area contributed by atoms with Crippen LogP contribution in [0, 0.1) is 5.82 Å². The van der Waals surface area contributed by atoms with Crippen LogP contribution in [0.3, 0.4) is 0 Å². The molecule has 2 amide bonds. The number of halogens is 1. The molecule has 0 bridgehead atoms. The van der Waals surface area contributed by atoms with Gasteiger partial charge in [-0.1, -0.05) is 32.9 Å². The number of nitrogens with one attached hydrogen (secondary N) is 1. The molecular formula is C17H27FN2OS. The molecule has 1 unspecified atom stereocenters. The van der Waals surface area contributed by atoms with E-state index in [9.17, 15) is 9.18 Å². The summed E-state index contributed by atoms with van der Waals surface area (Å²) in [6.45, 7) is 11.6. The zero-order valence-corrected chi connectivity index (χ0v) is 15.0. The molecule has 0 saturated heterocycles. The number of hydrogen-bond acceptors (Lipinski definition) is 2. The van der Waals surface area contributed by atoms with E-state index in [2.05, 4.69) is 26.1 Å². The fraction of sp³-hybridized carbons (Fsp3) is 0.588. The molecule has 3 nitrogen and oxygen atoms in total. The predicted octanol–water partition coefficient (Wildman–Crippen LogP) is 4.45. The van der Waals surface area contributed by atoms with E-state index in [4.69, 9.17) is 0 Å². The van der Waals surface area contributed by atoms with Crippen LogP contribution in [0.1, 0.15) is 46.2 Å². The van der Waals surface area contributed by atoms with Crippen LogP contribution in [0.5, 0.6) is 0 Å². The summed E-state index contributed by atoms with van der Waals surface area (Å²) in [6, 6.07) is 6.15. The minimum Gasteiger partial charge on any atom is -0.337 e. The summed E-state index contributed by atoms with van der Waals surface area (Å²) in [4.78, 5) is 14.1. The van der Waals surface area contributed by atoms with Crippen LogP contribution in [0.4, 0.5) is 9.18 Å². The largest absolute Gasteiger partial charge is 0.337 e. The van der Waals surface area contributed by atoms with Crippen molar-refractivity contribution in [1.82, 2.24) is 10.2 Å². The van der Waals surface area contributed by atoms with Gasteiger partial charge in [-0.2, -0.15) is 11.8 Å². The Morgan fingerprint density at radius 2 is 1.91 bits per heavy atom. The monoisotopic (exact) mass is 326 g/mol. The molecule has 0 aliphatic rings. The number of carbonyl (C=O) groups is 1. The van der Waals surface area contributed by atoms with Crippen molar-refractivity contribution in [3.63, 3.8) is 0 Å².